The Balaban J connectivity index is 1.90. The van der Waals surface area contributed by atoms with E-state index in [4.69, 9.17) is 0 Å². The summed E-state index contributed by atoms with van der Waals surface area (Å²) in [6, 6.07) is 9.85. The molecule has 2 unspecified atom stereocenters. The van der Waals surface area contributed by atoms with Gasteiger partial charge in [0.2, 0.25) is 0 Å². The zero-order valence-corrected chi connectivity index (χ0v) is 13.7. The second kappa shape index (κ2) is 7.26. The van der Waals surface area contributed by atoms with Crippen molar-refractivity contribution in [1.82, 2.24) is 5.32 Å². The highest BCUT2D eigenvalue weighted by atomic mass is 14.9. The van der Waals surface area contributed by atoms with E-state index in [0.717, 1.165) is 18.4 Å². The molecule has 1 fully saturated rings. The molecule has 0 bridgehead atoms. The lowest BCUT2D eigenvalue weighted by Crippen LogP contribution is -2.40. The summed E-state index contributed by atoms with van der Waals surface area (Å²) < 4.78 is 0. The Hall–Kier alpha value is -0.820. The topological polar surface area (TPSA) is 12.0 Å². The number of benzene rings is 1. The molecule has 1 aliphatic carbocycles. The largest absolute Gasteiger partial charge is 0.310 e. The molecule has 2 rings (SSSR count). The van der Waals surface area contributed by atoms with E-state index >= 15 is 0 Å². The molecule has 1 aromatic carbocycles. The lowest BCUT2D eigenvalue weighted by molar-refractivity contribution is 0.204. The first-order valence-corrected chi connectivity index (χ1v) is 8.40. The molecule has 1 heteroatoms. The zero-order chi connectivity index (χ0) is 14.5. The summed E-state index contributed by atoms with van der Waals surface area (Å²) >= 11 is 0. The summed E-state index contributed by atoms with van der Waals surface area (Å²) in [5.74, 6) is 2.29. The fourth-order valence-electron chi connectivity index (χ4n) is 3.48. The van der Waals surface area contributed by atoms with Crippen LogP contribution in [0.3, 0.4) is 0 Å². The molecule has 1 saturated carbocycles. The van der Waals surface area contributed by atoms with Crippen molar-refractivity contribution >= 4 is 0 Å². The summed E-state index contributed by atoms with van der Waals surface area (Å²) in [6.45, 7) is 10.3. The average molecular weight is 273 g/mol. The maximum Gasteiger partial charge on any atom is 0.0208 e. The normalized spacial score (nSPS) is 23.5. The van der Waals surface area contributed by atoms with Gasteiger partial charge in [-0.15, -0.1) is 0 Å². The van der Waals surface area contributed by atoms with Gasteiger partial charge in [0, 0.05) is 12.6 Å². The zero-order valence-electron chi connectivity index (χ0n) is 13.7. The summed E-state index contributed by atoms with van der Waals surface area (Å²) in [6.07, 6.45) is 5.58. The van der Waals surface area contributed by atoms with Crippen LogP contribution in [0.2, 0.25) is 0 Å². The summed E-state index contributed by atoms with van der Waals surface area (Å²) in [7, 11) is 0. The van der Waals surface area contributed by atoms with Crippen molar-refractivity contribution in [3.05, 3.63) is 35.4 Å². The molecule has 1 nitrogen and oxygen atoms in total. The molecule has 1 aliphatic rings. The van der Waals surface area contributed by atoms with E-state index in [2.05, 4.69) is 57.3 Å². The molecule has 0 radical (unpaired) electrons. The SMILES string of the molecule is CC(C)c1ccc(CNC2CCCCC2C(C)C)cc1. The predicted molar refractivity (Wildman–Crippen MR) is 88.0 cm³/mol. The quantitative estimate of drug-likeness (QED) is 0.785. The van der Waals surface area contributed by atoms with Crippen molar-refractivity contribution in [3.63, 3.8) is 0 Å². The van der Waals surface area contributed by atoms with Gasteiger partial charge in [-0.25, -0.2) is 0 Å². The first-order valence-electron chi connectivity index (χ1n) is 8.40. The van der Waals surface area contributed by atoms with E-state index in [-0.39, 0.29) is 0 Å². The van der Waals surface area contributed by atoms with Gasteiger partial charge in [-0.1, -0.05) is 64.8 Å². The lowest BCUT2D eigenvalue weighted by Gasteiger charge is -2.35. The predicted octanol–water partition coefficient (Wildman–Crippen LogP) is 5.11. The molecule has 112 valence electrons. The van der Waals surface area contributed by atoms with Crippen molar-refractivity contribution in [2.24, 2.45) is 11.8 Å². The van der Waals surface area contributed by atoms with Crippen molar-refractivity contribution in [1.29, 1.82) is 0 Å². The van der Waals surface area contributed by atoms with Gasteiger partial charge in [-0.2, -0.15) is 0 Å². The van der Waals surface area contributed by atoms with Crippen molar-refractivity contribution < 1.29 is 0 Å². The monoisotopic (exact) mass is 273 g/mol. The van der Waals surface area contributed by atoms with Crippen LogP contribution in [-0.4, -0.2) is 6.04 Å². The highest BCUT2D eigenvalue weighted by Crippen LogP contribution is 2.30. The molecule has 0 aliphatic heterocycles. The van der Waals surface area contributed by atoms with Crippen molar-refractivity contribution in [2.45, 2.75) is 71.9 Å². The second-order valence-electron chi connectivity index (χ2n) is 7.08. The van der Waals surface area contributed by atoms with Gasteiger partial charge < -0.3 is 5.32 Å². The lowest BCUT2D eigenvalue weighted by atomic mass is 9.78. The Morgan fingerprint density at radius 3 is 2.25 bits per heavy atom. The molecular formula is C19H31N. The van der Waals surface area contributed by atoms with Gasteiger partial charge in [0.1, 0.15) is 0 Å². The number of hydrogen-bond acceptors (Lipinski definition) is 1. The average Bonchev–Trinajstić information content (AvgIpc) is 2.45. The van der Waals surface area contributed by atoms with E-state index in [1.807, 2.05) is 0 Å². The molecule has 0 aromatic heterocycles. The van der Waals surface area contributed by atoms with Crippen LogP contribution < -0.4 is 5.32 Å². The number of rotatable bonds is 5. The van der Waals surface area contributed by atoms with Crippen LogP contribution in [0.1, 0.15) is 70.4 Å². The molecule has 0 amide bonds. The minimum atomic E-state index is 0.626. The van der Waals surface area contributed by atoms with Crippen LogP contribution in [0.4, 0.5) is 0 Å². The van der Waals surface area contributed by atoms with E-state index < -0.39 is 0 Å². The summed E-state index contributed by atoms with van der Waals surface area (Å²) in [5, 5.41) is 3.82. The van der Waals surface area contributed by atoms with Gasteiger partial charge in [0.05, 0.1) is 0 Å². The van der Waals surface area contributed by atoms with E-state index in [1.165, 1.54) is 36.8 Å². The van der Waals surface area contributed by atoms with Gasteiger partial charge in [-0.05, 0) is 41.7 Å². The summed E-state index contributed by atoms with van der Waals surface area (Å²) in [5.41, 5.74) is 2.86. The Bertz CT molecular complexity index is 391. The third kappa shape index (κ3) is 4.09. The van der Waals surface area contributed by atoms with E-state index in [9.17, 15) is 0 Å². The first-order chi connectivity index (χ1) is 9.58. The van der Waals surface area contributed by atoms with Gasteiger partial charge in [-0.3, -0.25) is 0 Å². The highest BCUT2D eigenvalue weighted by Gasteiger charge is 2.26. The van der Waals surface area contributed by atoms with Crippen LogP contribution in [0.5, 0.6) is 0 Å². The minimum absolute atomic E-state index is 0.626. The Labute approximate surface area is 125 Å². The molecule has 1 N–H and O–H groups in total. The molecular weight excluding hydrogens is 242 g/mol. The molecule has 1 aromatic rings. The molecule has 0 saturated heterocycles. The van der Waals surface area contributed by atoms with Crippen molar-refractivity contribution in [2.75, 3.05) is 0 Å². The standard InChI is InChI=1S/C19H31N/c1-14(2)17-11-9-16(10-12-17)13-20-19-8-6-5-7-18(19)15(3)4/h9-12,14-15,18-20H,5-8,13H2,1-4H3. The van der Waals surface area contributed by atoms with Crippen LogP contribution in [0, 0.1) is 11.8 Å². The molecule has 2 atom stereocenters. The maximum atomic E-state index is 3.82. The Kier molecular flexibility index (Phi) is 5.65. The maximum absolute atomic E-state index is 3.82. The van der Waals surface area contributed by atoms with Crippen molar-refractivity contribution in [3.8, 4) is 0 Å². The van der Waals surface area contributed by atoms with Gasteiger partial charge >= 0.3 is 0 Å². The summed E-state index contributed by atoms with van der Waals surface area (Å²) in [4.78, 5) is 0. The number of hydrogen-bond donors (Lipinski definition) is 1. The third-order valence-corrected chi connectivity index (χ3v) is 4.89. The molecule has 20 heavy (non-hydrogen) atoms. The Morgan fingerprint density at radius 1 is 1.00 bits per heavy atom. The van der Waals surface area contributed by atoms with Crippen LogP contribution in [0.25, 0.3) is 0 Å². The molecule has 0 spiro atoms. The smallest absolute Gasteiger partial charge is 0.0208 e. The minimum Gasteiger partial charge on any atom is -0.310 e. The number of nitrogens with one attached hydrogen (secondary N) is 1. The van der Waals surface area contributed by atoms with Crippen LogP contribution in [0.15, 0.2) is 24.3 Å². The third-order valence-electron chi connectivity index (χ3n) is 4.89. The molecule has 0 heterocycles. The Morgan fingerprint density at radius 2 is 1.65 bits per heavy atom. The van der Waals surface area contributed by atoms with E-state index in [0.29, 0.717) is 12.0 Å². The second-order valence-corrected chi connectivity index (χ2v) is 7.08. The fourth-order valence-corrected chi connectivity index (χ4v) is 3.48. The fraction of sp³-hybridized carbons (Fsp3) is 0.684. The highest BCUT2D eigenvalue weighted by molar-refractivity contribution is 5.24. The van der Waals surface area contributed by atoms with Gasteiger partial charge in [0.15, 0.2) is 0 Å². The van der Waals surface area contributed by atoms with Crippen LogP contribution in [-0.2, 0) is 6.54 Å². The van der Waals surface area contributed by atoms with E-state index in [1.54, 1.807) is 0 Å². The first kappa shape index (κ1) is 15.6. The van der Waals surface area contributed by atoms with Gasteiger partial charge in [0.25, 0.3) is 0 Å². The van der Waals surface area contributed by atoms with Crippen LogP contribution >= 0.6 is 0 Å².